The molecule has 3 N–H and O–H groups in total. The van der Waals surface area contributed by atoms with Crippen LogP contribution in [0.15, 0.2) is 24.3 Å². The van der Waals surface area contributed by atoms with Gasteiger partial charge in [0.15, 0.2) is 22.8 Å². The molecule has 3 aromatic rings. The van der Waals surface area contributed by atoms with Crippen molar-refractivity contribution in [2.24, 2.45) is 11.1 Å². The number of piperidine rings is 2. The van der Waals surface area contributed by atoms with E-state index < -0.39 is 0 Å². The molecule has 2 aromatic heterocycles. The second kappa shape index (κ2) is 8.19. The highest BCUT2D eigenvalue weighted by molar-refractivity contribution is 5.85. The molecule has 1 aromatic carbocycles. The van der Waals surface area contributed by atoms with E-state index in [1.54, 1.807) is 0 Å². The molecule has 2 aliphatic heterocycles. The van der Waals surface area contributed by atoms with Gasteiger partial charge in [-0.3, -0.25) is 5.10 Å². The van der Waals surface area contributed by atoms with Gasteiger partial charge < -0.3 is 15.5 Å². The van der Waals surface area contributed by atoms with Gasteiger partial charge in [0.05, 0.1) is 5.69 Å². The van der Waals surface area contributed by atoms with Crippen molar-refractivity contribution in [1.29, 1.82) is 0 Å². The van der Waals surface area contributed by atoms with Crippen molar-refractivity contribution in [2.45, 2.75) is 51.5 Å². The number of halogens is 1. The van der Waals surface area contributed by atoms with Crippen molar-refractivity contribution in [1.82, 2.24) is 20.2 Å². The third-order valence-electron chi connectivity index (χ3n) is 7.83. The zero-order chi connectivity index (χ0) is 21.0. The Morgan fingerprint density at radius 3 is 2.44 bits per heavy atom. The molecule has 0 radical (unpaired) electrons. The van der Waals surface area contributed by atoms with Crippen molar-refractivity contribution in [3.05, 3.63) is 41.1 Å². The molecule has 1 aliphatic carbocycles. The fraction of sp³-hybridized carbons (Fsp3) is 0.542. The maximum atomic E-state index is 6.75. The van der Waals surface area contributed by atoms with Crippen LogP contribution in [-0.2, 0) is 6.42 Å². The summed E-state index contributed by atoms with van der Waals surface area (Å²) in [6, 6.07) is 8.85. The second-order valence-electron chi connectivity index (χ2n) is 9.63. The first-order valence-corrected chi connectivity index (χ1v) is 11.7. The van der Waals surface area contributed by atoms with Gasteiger partial charge in [-0.2, -0.15) is 5.10 Å². The molecular weight excluding hydrogens is 422 g/mol. The lowest BCUT2D eigenvalue weighted by Crippen LogP contribution is -2.44. The van der Waals surface area contributed by atoms with Gasteiger partial charge in [0, 0.05) is 32.2 Å². The van der Waals surface area contributed by atoms with Crippen molar-refractivity contribution in [3.8, 4) is 0 Å². The first-order valence-electron chi connectivity index (χ1n) is 11.7. The molecule has 8 heteroatoms. The highest BCUT2D eigenvalue weighted by Crippen LogP contribution is 2.51. The Labute approximate surface area is 195 Å². The predicted octanol–water partition coefficient (Wildman–Crippen LogP) is 3.92. The molecule has 0 amide bonds. The topological polar surface area (TPSA) is 87.0 Å². The molecule has 1 spiro atoms. The first kappa shape index (κ1) is 21.5. The minimum absolute atomic E-state index is 0. The fourth-order valence-corrected chi connectivity index (χ4v) is 6.00. The number of nitrogens with two attached hydrogens (primary N) is 1. The highest BCUT2D eigenvalue weighted by Gasteiger charge is 2.46. The van der Waals surface area contributed by atoms with Crippen LogP contribution >= 0.6 is 12.4 Å². The van der Waals surface area contributed by atoms with Gasteiger partial charge in [-0.15, -0.1) is 12.4 Å². The summed E-state index contributed by atoms with van der Waals surface area (Å²) in [5, 5.41) is 7.73. The summed E-state index contributed by atoms with van der Waals surface area (Å²) in [6.07, 6.45) is 7.02. The number of benzene rings is 1. The number of anilines is 2. The number of hydrogen-bond donors (Lipinski definition) is 2. The third-order valence-corrected chi connectivity index (χ3v) is 7.83. The maximum Gasteiger partial charge on any atom is 0.178 e. The molecule has 32 heavy (non-hydrogen) atoms. The van der Waals surface area contributed by atoms with Crippen LogP contribution in [0.2, 0.25) is 0 Å². The van der Waals surface area contributed by atoms with Gasteiger partial charge in [-0.05, 0) is 62.0 Å². The molecular formula is C24H32ClN7. The van der Waals surface area contributed by atoms with Crippen LogP contribution < -0.4 is 15.5 Å². The van der Waals surface area contributed by atoms with Crippen LogP contribution in [-0.4, -0.2) is 46.3 Å². The summed E-state index contributed by atoms with van der Waals surface area (Å²) in [4.78, 5) is 14.7. The van der Waals surface area contributed by atoms with E-state index in [4.69, 9.17) is 15.7 Å². The van der Waals surface area contributed by atoms with E-state index in [1.165, 1.54) is 30.4 Å². The van der Waals surface area contributed by atoms with E-state index in [0.717, 1.165) is 73.9 Å². The second-order valence-corrected chi connectivity index (χ2v) is 9.63. The molecule has 3 aliphatic rings. The summed E-state index contributed by atoms with van der Waals surface area (Å²) >= 11 is 0. The summed E-state index contributed by atoms with van der Waals surface area (Å²) in [5.41, 5.74) is 12.4. The normalized spacial score (nSPS) is 22.2. The Hall–Kier alpha value is -2.38. The zero-order valence-corrected chi connectivity index (χ0v) is 19.5. The van der Waals surface area contributed by atoms with Crippen molar-refractivity contribution < 1.29 is 0 Å². The van der Waals surface area contributed by atoms with E-state index in [1.807, 2.05) is 0 Å². The quantitative estimate of drug-likeness (QED) is 0.611. The number of aryl methyl sites for hydroxylation is 1. The molecule has 0 saturated carbocycles. The summed E-state index contributed by atoms with van der Waals surface area (Å²) in [6.45, 7) is 6.13. The van der Waals surface area contributed by atoms with Crippen LogP contribution in [0.5, 0.6) is 0 Å². The average molecular weight is 454 g/mol. The molecule has 4 heterocycles. The lowest BCUT2D eigenvalue weighted by molar-refractivity contribution is 0.187. The largest absolute Gasteiger partial charge is 0.355 e. The van der Waals surface area contributed by atoms with Gasteiger partial charge in [-0.1, -0.05) is 24.3 Å². The molecule has 6 rings (SSSR count). The Morgan fingerprint density at radius 1 is 0.969 bits per heavy atom. The van der Waals surface area contributed by atoms with Gasteiger partial charge in [0.25, 0.3) is 0 Å². The van der Waals surface area contributed by atoms with Gasteiger partial charge in [0.1, 0.15) is 0 Å². The molecule has 7 nitrogen and oxygen atoms in total. The lowest BCUT2D eigenvalue weighted by Gasteiger charge is -2.42. The van der Waals surface area contributed by atoms with Gasteiger partial charge in [-0.25, -0.2) is 9.97 Å². The first-order chi connectivity index (χ1) is 15.1. The van der Waals surface area contributed by atoms with E-state index >= 15 is 0 Å². The van der Waals surface area contributed by atoms with Crippen molar-refractivity contribution >= 4 is 35.2 Å². The minimum atomic E-state index is 0. The predicted molar refractivity (Wildman–Crippen MR) is 131 cm³/mol. The number of hydrogen-bond acceptors (Lipinski definition) is 6. The van der Waals surface area contributed by atoms with E-state index in [0.29, 0.717) is 0 Å². The van der Waals surface area contributed by atoms with Gasteiger partial charge >= 0.3 is 0 Å². The average Bonchev–Trinajstić information content (AvgIpc) is 3.33. The Balaban J connectivity index is 0.00000216. The number of H-pyrrole nitrogens is 1. The smallest absolute Gasteiger partial charge is 0.178 e. The van der Waals surface area contributed by atoms with Crippen molar-refractivity contribution in [2.75, 3.05) is 36.0 Å². The van der Waals surface area contributed by atoms with Crippen LogP contribution in [0.4, 0.5) is 11.6 Å². The molecule has 0 bridgehead atoms. The van der Waals surface area contributed by atoms with Crippen LogP contribution in [0.1, 0.15) is 55.0 Å². The number of aromatic amines is 1. The maximum absolute atomic E-state index is 6.75. The molecule has 1 atom stereocenters. The Bertz CT molecular complexity index is 1110. The lowest BCUT2D eigenvalue weighted by atomic mass is 9.73. The number of nitrogens with one attached hydrogen (secondary N) is 1. The highest BCUT2D eigenvalue weighted by atomic mass is 35.5. The number of rotatable bonds is 2. The van der Waals surface area contributed by atoms with E-state index in [9.17, 15) is 0 Å². The third kappa shape index (κ3) is 3.33. The van der Waals surface area contributed by atoms with Crippen LogP contribution in [0, 0.1) is 12.3 Å². The molecule has 0 unspecified atom stereocenters. The SMILES string of the molecule is Cc1nc2c(N3CCCCC3)n[nH]c2nc1N1CCC2(CC1)Cc1ccccc1[C@H]2N.Cl. The number of aromatic nitrogens is 4. The van der Waals surface area contributed by atoms with Crippen molar-refractivity contribution in [3.63, 3.8) is 0 Å². The fourth-order valence-electron chi connectivity index (χ4n) is 6.00. The summed E-state index contributed by atoms with van der Waals surface area (Å²) in [7, 11) is 0. The number of fused-ring (bicyclic) bond motifs is 2. The molecule has 2 fully saturated rings. The van der Waals surface area contributed by atoms with Gasteiger partial charge in [0.2, 0.25) is 0 Å². The van der Waals surface area contributed by atoms with Crippen LogP contribution in [0.3, 0.4) is 0 Å². The monoisotopic (exact) mass is 453 g/mol. The number of nitrogens with zero attached hydrogens (tertiary/aromatic N) is 5. The minimum Gasteiger partial charge on any atom is -0.355 e. The standard InChI is InChI=1S/C24H31N7.ClH/c1-16-22(27-21-19(26-16)23(29-28-21)30-11-5-2-6-12-30)31-13-9-24(10-14-31)15-17-7-3-4-8-18(17)20(24)25;/h3-4,7-8,20H,2,5-6,9-15,25H2,1H3,(H,27,28,29);1H/t20-;/m1./s1. The molecule has 170 valence electrons. The van der Waals surface area contributed by atoms with E-state index in [2.05, 4.69) is 51.2 Å². The Morgan fingerprint density at radius 2 is 1.69 bits per heavy atom. The van der Waals surface area contributed by atoms with Crippen LogP contribution in [0.25, 0.3) is 11.2 Å². The Kier molecular flexibility index (Phi) is 5.50. The zero-order valence-electron chi connectivity index (χ0n) is 18.7. The summed E-state index contributed by atoms with van der Waals surface area (Å²) < 4.78 is 0. The van der Waals surface area contributed by atoms with E-state index in [-0.39, 0.29) is 23.9 Å². The summed E-state index contributed by atoms with van der Waals surface area (Å²) in [5.74, 6) is 1.95. The molecule has 2 saturated heterocycles.